The molecule has 1 saturated heterocycles. The third kappa shape index (κ3) is 3.61. The van der Waals surface area contributed by atoms with Gasteiger partial charge in [-0.15, -0.1) is 0 Å². The van der Waals surface area contributed by atoms with Crippen molar-refractivity contribution in [1.29, 1.82) is 0 Å². The molecular weight excluding hydrogens is 289 g/mol. The smallest absolute Gasteiger partial charge is 0.227 e. The second-order valence-electron chi connectivity index (χ2n) is 5.13. The summed E-state index contributed by atoms with van der Waals surface area (Å²) in [6.45, 7) is 1.27. The molecule has 1 aliphatic heterocycles. The van der Waals surface area contributed by atoms with Crippen LogP contribution in [0.4, 0.5) is 4.39 Å². The molecule has 5 heteroatoms. The first-order chi connectivity index (χ1) is 10.2. The number of rotatable bonds is 4. The minimum atomic E-state index is -0.309. The first-order valence-electron chi connectivity index (χ1n) is 6.92. The highest BCUT2D eigenvalue weighted by Crippen LogP contribution is 2.20. The maximum absolute atomic E-state index is 13.1. The van der Waals surface area contributed by atoms with Gasteiger partial charge in [-0.2, -0.15) is 11.3 Å². The fourth-order valence-corrected chi connectivity index (χ4v) is 3.13. The predicted octanol–water partition coefficient (Wildman–Crippen LogP) is 3.11. The first-order valence-corrected chi connectivity index (χ1v) is 7.86. The molecule has 0 N–H and O–H groups in total. The highest BCUT2D eigenvalue weighted by Gasteiger charge is 2.27. The lowest BCUT2D eigenvalue weighted by Crippen LogP contribution is -2.32. The molecule has 0 radical (unpaired) electrons. The van der Waals surface area contributed by atoms with Crippen molar-refractivity contribution in [1.82, 2.24) is 4.90 Å². The van der Waals surface area contributed by atoms with Crippen LogP contribution in [0.15, 0.2) is 41.1 Å². The average Bonchev–Trinajstić information content (AvgIpc) is 3.10. The van der Waals surface area contributed by atoms with Gasteiger partial charge in [-0.1, -0.05) is 6.07 Å². The van der Waals surface area contributed by atoms with Gasteiger partial charge in [0, 0.05) is 19.0 Å². The Hall–Kier alpha value is -1.88. The molecule has 0 bridgehead atoms. The van der Waals surface area contributed by atoms with E-state index in [4.69, 9.17) is 4.74 Å². The van der Waals surface area contributed by atoms with Crippen molar-refractivity contribution < 1.29 is 13.9 Å². The van der Waals surface area contributed by atoms with Crippen molar-refractivity contribution in [2.45, 2.75) is 18.9 Å². The average molecular weight is 305 g/mol. The topological polar surface area (TPSA) is 29.5 Å². The molecule has 1 atom stereocenters. The fourth-order valence-electron chi connectivity index (χ4n) is 2.46. The van der Waals surface area contributed by atoms with E-state index in [2.05, 4.69) is 0 Å². The number of thiophene rings is 1. The molecule has 1 amide bonds. The van der Waals surface area contributed by atoms with Crippen LogP contribution in [-0.2, 0) is 11.2 Å². The number of amides is 1. The zero-order valence-electron chi connectivity index (χ0n) is 11.5. The van der Waals surface area contributed by atoms with E-state index >= 15 is 0 Å². The molecular formula is C16H16FNO2S. The molecule has 21 heavy (non-hydrogen) atoms. The number of hydrogen-bond acceptors (Lipinski definition) is 3. The second kappa shape index (κ2) is 6.26. The van der Waals surface area contributed by atoms with Crippen molar-refractivity contribution in [3.05, 3.63) is 52.5 Å². The molecule has 0 saturated carbocycles. The maximum atomic E-state index is 13.1. The largest absolute Gasteiger partial charge is 0.488 e. The van der Waals surface area contributed by atoms with Gasteiger partial charge in [-0.05, 0) is 34.5 Å². The number of hydrogen-bond donors (Lipinski definition) is 0. The van der Waals surface area contributed by atoms with Gasteiger partial charge in [-0.3, -0.25) is 4.79 Å². The van der Waals surface area contributed by atoms with Gasteiger partial charge in [0.15, 0.2) is 0 Å². The number of benzene rings is 1. The van der Waals surface area contributed by atoms with Crippen LogP contribution in [0.25, 0.3) is 0 Å². The number of nitrogens with zero attached hydrogens (tertiary/aromatic N) is 1. The molecule has 1 fully saturated rings. The summed E-state index contributed by atoms with van der Waals surface area (Å²) in [5.41, 5.74) is 1.06. The van der Waals surface area contributed by atoms with Crippen molar-refractivity contribution in [3.63, 3.8) is 0 Å². The Morgan fingerprint density at radius 2 is 2.33 bits per heavy atom. The minimum absolute atomic E-state index is 0.0572. The Labute approximate surface area is 127 Å². The van der Waals surface area contributed by atoms with Gasteiger partial charge >= 0.3 is 0 Å². The van der Waals surface area contributed by atoms with Crippen molar-refractivity contribution >= 4 is 17.2 Å². The van der Waals surface area contributed by atoms with Gasteiger partial charge in [0.1, 0.15) is 17.7 Å². The summed E-state index contributed by atoms with van der Waals surface area (Å²) in [4.78, 5) is 14.0. The minimum Gasteiger partial charge on any atom is -0.488 e. The van der Waals surface area contributed by atoms with E-state index in [-0.39, 0.29) is 17.8 Å². The number of carbonyl (C=O) groups is 1. The number of ether oxygens (including phenoxy) is 1. The summed E-state index contributed by atoms with van der Waals surface area (Å²) in [5, 5.41) is 3.97. The summed E-state index contributed by atoms with van der Waals surface area (Å²) in [6.07, 6.45) is 1.17. The normalized spacial score (nSPS) is 18.0. The third-order valence-corrected chi connectivity index (χ3v) is 4.26. The van der Waals surface area contributed by atoms with Crippen LogP contribution in [0.1, 0.15) is 12.0 Å². The Balaban J connectivity index is 1.54. The number of halogens is 1. The van der Waals surface area contributed by atoms with E-state index in [0.717, 1.165) is 12.0 Å². The summed E-state index contributed by atoms with van der Waals surface area (Å²) >= 11 is 1.60. The van der Waals surface area contributed by atoms with Crippen LogP contribution in [0.2, 0.25) is 0 Å². The molecule has 0 spiro atoms. The lowest BCUT2D eigenvalue weighted by Gasteiger charge is -2.17. The molecule has 110 valence electrons. The van der Waals surface area contributed by atoms with Crippen LogP contribution >= 0.6 is 11.3 Å². The standard InChI is InChI=1S/C16H16FNO2S/c17-13-2-1-3-14(9-13)20-15-4-6-18(10-15)16(19)8-12-5-7-21-11-12/h1-3,5,7,9,11,15H,4,6,8,10H2. The first kappa shape index (κ1) is 14.1. The Morgan fingerprint density at radius 3 is 3.10 bits per heavy atom. The molecule has 1 aliphatic rings. The summed E-state index contributed by atoms with van der Waals surface area (Å²) < 4.78 is 18.9. The van der Waals surface area contributed by atoms with Gasteiger partial charge in [0.2, 0.25) is 5.91 Å². The van der Waals surface area contributed by atoms with Gasteiger partial charge in [-0.25, -0.2) is 4.39 Å². The highest BCUT2D eigenvalue weighted by atomic mass is 32.1. The van der Waals surface area contributed by atoms with E-state index in [1.807, 2.05) is 21.7 Å². The zero-order valence-corrected chi connectivity index (χ0v) is 12.3. The molecule has 3 nitrogen and oxygen atoms in total. The number of carbonyl (C=O) groups excluding carboxylic acids is 1. The van der Waals surface area contributed by atoms with Crippen LogP contribution in [0, 0.1) is 5.82 Å². The summed E-state index contributed by atoms with van der Waals surface area (Å²) in [5.74, 6) is 0.335. The summed E-state index contributed by atoms with van der Waals surface area (Å²) in [7, 11) is 0. The Kier molecular flexibility index (Phi) is 4.20. The fraction of sp³-hybridized carbons (Fsp3) is 0.312. The van der Waals surface area contributed by atoms with E-state index in [1.54, 1.807) is 23.5 Å². The molecule has 2 aromatic rings. The number of likely N-dealkylation sites (tertiary alicyclic amines) is 1. The van der Waals surface area contributed by atoms with Crippen LogP contribution in [-0.4, -0.2) is 30.0 Å². The summed E-state index contributed by atoms with van der Waals surface area (Å²) in [6, 6.07) is 8.09. The van der Waals surface area contributed by atoms with E-state index in [1.165, 1.54) is 12.1 Å². The molecule has 1 aromatic carbocycles. The van der Waals surface area contributed by atoms with Gasteiger partial charge in [0.05, 0.1) is 13.0 Å². The van der Waals surface area contributed by atoms with Crippen molar-refractivity contribution in [2.75, 3.05) is 13.1 Å². The quantitative estimate of drug-likeness (QED) is 0.868. The van der Waals surface area contributed by atoms with E-state index in [0.29, 0.717) is 25.3 Å². The lowest BCUT2D eigenvalue weighted by atomic mass is 10.2. The maximum Gasteiger partial charge on any atom is 0.227 e. The van der Waals surface area contributed by atoms with Crippen LogP contribution < -0.4 is 4.74 Å². The Bertz CT molecular complexity index is 614. The third-order valence-electron chi connectivity index (χ3n) is 3.53. The van der Waals surface area contributed by atoms with Crippen LogP contribution in [0.5, 0.6) is 5.75 Å². The molecule has 2 heterocycles. The Morgan fingerprint density at radius 1 is 1.43 bits per heavy atom. The SMILES string of the molecule is O=C(Cc1ccsc1)N1CCC(Oc2cccc(F)c2)C1. The van der Waals surface area contributed by atoms with Crippen molar-refractivity contribution in [3.8, 4) is 5.75 Å². The second-order valence-corrected chi connectivity index (χ2v) is 5.91. The highest BCUT2D eigenvalue weighted by molar-refractivity contribution is 7.07. The van der Waals surface area contributed by atoms with Crippen molar-refractivity contribution in [2.24, 2.45) is 0 Å². The van der Waals surface area contributed by atoms with Gasteiger partial charge in [0.25, 0.3) is 0 Å². The van der Waals surface area contributed by atoms with Crippen LogP contribution in [0.3, 0.4) is 0 Å². The van der Waals surface area contributed by atoms with E-state index in [9.17, 15) is 9.18 Å². The van der Waals surface area contributed by atoms with E-state index < -0.39 is 0 Å². The zero-order chi connectivity index (χ0) is 14.7. The molecule has 1 unspecified atom stereocenters. The van der Waals surface area contributed by atoms with Gasteiger partial charge < -0.3 is 9.64 Å². The monoisotopic (exact) mass is 305 g/mol. The predicted molar refractivity (Wildman–Crippen MR) is 80.0 cm³/mol. The molecule has 0 aliphatic carbocycles. The molecule has 1 aromatic heterocycles. The molecule has 3 rings (SSSR count). The lowest BCUT2D eigenvalue weighted by molar-refractivity contribution is -0.129.